The molecule has 0 bridgehead atoms. The number of ether oxygens (including phenoxy) is 2. The first-order valence-electron chi connectivity index (χ1n) is 10.6. The average molecular weight is 456 g/mol. The Labute approximate surface area is 192 Å². The first-order valence-corrected chi connectivity index (χ1v) is 10.6. The van der Waals surface area contributed by atoms with Crippen molar-refractivity contribution in [3.05, 3.63) is 59.8 Å². The van der Waals surface area contributed by atoms with Gasteiger partial charge in [-0.3, -0.25) is 9.80 Å². The minimum absolute atomic E-state index is 0.878. The molecule has 0 spiro atoms. The Hall–Kier alpha value is -3.56. The fourth-order valence-electron chi connectivity index (χ4n) is 3.86. The molecule has 4 rings (SSSR count). The van der Waals surface area contributed by atoms with Gasteiger partial charge in [0.25, 0.3) is 0 Å². The predicted molar refractivity (Wildman–Crippen MR) is 124 cm³/mol. The number of carbonyl (C=O) groups is 2. The van der Waals surface area contributed by atoms with Gasteiger partial charge in [-0.05, 0) is 29.8 Å². The van der Waals surface area contributed by atoms with Crippen molar-refractivity contribution in [1.82, 2.24) is 14.8 Å². The van der Waals surface area contributed by atoms with Crippen LogP contribution in [0.5, 0.6) is 11.5 Å². The summed E-state index contributed by atoms with van der Waals surface area (Å²) in [5.74, 6) is -1.84. The van der Waals surface area contributed by atoms with Crippen molar-refractivity contribution in [3.63, 3.8) is 0 Å². The molecule has 33 heavy (non-hydrogen) atoms. The topological polar surface area (TPSA) is 115 Å². The standard InChI is InChI=1S/C22H27N3O2.C2H2O4/c1-26-19-7-8-22(27-2)17(13-19)15-24-9-11-25(12-10-24)16-18-14-23-21-6-4-3-5-20(18)21;3-1(4)2(5)6/h3-8,13-14,23H,9-12,15-16H2,1-2H3;(H,3,4)(H,5,6). The van der Waals surface area contributed by atoms with Gasteiger partial charge in [0.05, 0.1) is 14.2 Å². The van der Waals surface area contributed by atoms with Gasteiger partial charge in [-0.1, -0.05) is 18.2 Å². The third-order valence-corrected chi connectivity index (χ3v) is 5.60. The Kier molecular flexibility index (Phi) is 8.28. The Balaban J connectivity index is 0.000000454. The maximum absolute atomic E-state index is 9.10. The molecular formula is C24H29N3O6. The number of piperazine rings is 1. The van der Waals surface area contributed by atoms with Gasteiger partial charge in [0, 0.05) is 61.9 Å². The van der Waals surface area contributed by atoms with Gasteiger partial charge in [0.15, 0.2) is 0 Å². The van der Waals surface area contributed by atoms with Gasteiger partial charge in [-0.2, -0.15) is 0 Å². The molecule has 1 fully saturated rings. The largest absolute Gasteiger partial charge is 0.497 e. The molecule has 0 saturated carbocycles. The summed E-state index contributed by atoms with van der Waals surface area (Å²) in [6.07, 6.45) is 2.15. The van der Waals surface area contributed by atoms with E-state index in [-0.39, 0.29) is 0 Å². The zero-order valence-electron chi connectivity index (χ0n) is 18.8. The van der Waals surface area contributed by atoms with Crippen LogP contribution in [-0.4, -0.2) is 77.3 Å². The van der Waals surface area contributed by atoms with Crippen LogP contribution in [0, 0.1) is 0 Å². The van der Waals surface area contributed by atoms with Crippen LogP contribution >= 0.6 is 0 Å². The van der Waals surface area contributed by atoms with Gasteiger partial charge >= 0.3 is 11.9 Å². The summed E-state index contributed by atoms with van der Waals surface area (Å²) < 4.78 is 10.9. The molecule has 9 heteroatoms. The van der Waals surface area contributed by atoms with Crippen molar-refractivity contribution >= 4 is 22.8 Å². The Morgan fingerprint density at radius 3 is 2.06 bits per heavy atom. The van der Waals surface area contributed by atoms with E-state index in [0.717, 1.165) is 50.8 Å². The SMILES string of the molecule is COc1ccc(OC)c(CN2CCN(Cc3c[nH]c4ccccc34)CC2)c1.O=C(O)C(=O)O. The first-order chi connectivity index (χ1) is 15.9. The van der Waals surface area contributed by atoms with Crippen molar-refractivity contribution in [2.24, 2.45) is 0 Å². The average Bonchev–Trinajstić information content (AvgIpc) is 3.23. The van der Waals surface area contributed by atoms with Crippen molar-refractivity contribution in [1.29, 1.82) is 0 Å². The molecule has 1 aliphatic rings. The number of H-pyrrole nitrogens is 1. The Morgan fingerprint density at radius 2 is 1.48 bits per heavy atom. The third kappa shape index (κ3) is 6.47. The molecule has 0 unspecified atom stereocenters. The predicted octanol–water partition coefficient (Wildman–Crippen LogP) is 2.66. The summed E-state index contributed by atoms with van der Waals surface area (Å²) in [7, 11) is 3.43. The number of hydrogen-bond donors (Lipinski definition) is 3. The van der Waals surface area contributed by atoms with Gasteiger partial charge in [-0.25, -0.2) is 9.59 Å². The lowest BCUT2D eigenvalue weighted by atomic mass is 10.1. The highest BCUT2D eigenvalue weighted by Gasteiger charge is 2.19. The highest BCUT2D eigenvalue weighted by molar-refractivity contribution is 6.27. The van der Waals surface area contributed by atoms with E-state index in [1.807, 2.05) is 12.1 Å². The third-order valence-electron chi connectivity index (χ3n) is 5.60. The molecule has 1 aliphatic heterocycles. The molecule has 176 valence electrons. The molecule has 9 nitrogen and oxygen atoms in total. The molecule has 2 aromatic carbocycles. The minimum atomic E-state index is -1.82. The van der Waals surface area contributed by atoms with Crippen LogP contribution in [0.25, 0.3) is 10.9 Å². The normalized spacial score (nSPS) is 14.4. The zero-order valence-corrected chi connectivity index (χ0v) is 18.8. The van der Waals surface area contributed by atoms with Crippen LogP contribution in [0.1, 0.15) is 11.1 Å². The van der Waals surface area contributed by atoms with Crippen LogP contribution in [0.15, 0.2) is 48.7 Å². The highest BCUT2D eigenvalue weighted by Crippen LogP contribution is 2.26. The summed E-state index contributed by atoms with van der Waals surface area (Å²) in [6.45, 7) is 6.16. The lowest BCUT2D eigenvalue weighted by Crippen LogP contribution is -2.45. The van der Waals surface area contributed by atoms with Crippen molar-refractivity contribution < 1.29 is 29.3 Å². The number of aliphatic carboxylic acids is 2. The number of carboxylic acids is 2. The summed E-state index contributed by atoms with van der Waals surface area (Å²) in [4.78, 5) is 26.6. The fraction of sp³-hybridized carbons (Fsp3) is 0.333. The smallest absolute Gasteiger partial charge is 0.414 e. The number of aromatic amines is 1. The lowest BCUT2D eigenvalue weighted by molar-refractivity contribution is -0.159. The number of rotatable bonds is 6. The molecule has 3 N–H and O–H groups in total. The van der Waals surface area contributed by atoms with Crippen LogP contribution in [-0.2, 0) is 22.7 Å². The number of methoxy groups -OCH3 is 2. The monoisotopic (exact) mass is 455 g/mol. The molecule has 2 heterocycles. The second kappa shape index (κ2) is 11.3. The van der Waals surface area contributed by atoms with E-state index in [4.69, 9.17) is 29.3 Å². The lowest BCUT2D eigenvalue weighted by Gasteiger charge is -2.34. The second-order valence-electron chi connectivity index (χ2n) is 7.70. The van der Waals surface area contributed by atoms with Crippen LogP contribution in [0.2, 0.25) is 0 Å². The molecule has 3 aromatic rings. The Morgan fingerprint density at radius 1 is 0.879 bits per heavy atom. The van der Waals surface area contributed by atoms with Crippen LogP contribution in [0.3, 0.4) is 0 Å². The van der Waals surface area contributed by atoms with E-state index in [2.05, 4.69) is 51.3 Å². The quantitative estimate of drug-likeness (QED) is 0.486. The summed E-state index contributed by atoms with van der Waals surface area (Å²) in [5.41, 5.74) is 3.78. The maximum Gasteiger partial charge on any atom is 0.414 e. The number of carboxylic acid groups (broad SMARTS) is 2. The van der Waals surface area contributed by atoms with E-state index in [0.29, 0.717) is 0 Å². The van der Waals surface area contributed by atoms with Gasteiger partial charge in [0.2, 0.25) is 0 Å². The van der Waals surface area contributed by atoms with E-state index >= 15 is 0 Å². The van der Waals surface area contributed by atoms with Crippen LogP contribution in [0.4, 0.5) is 0 Å². The molecule has 1 aromatic heterocycles. The molecular weight excluding hydrogens is 426 g/mol. The maximum atomic E-state index is 9.10. The number of para-hydroxylation sites is 1. The highest BCUT2D eigenvalue weighted by atomic mass is 16.5. The number of hydrogen-bond acceptors (Lipinski definition) is 6. The summed E-state index contributed by atoms with van der Waals surface area (Å²) >= 11 is 0. The number of fused-ring (bicyclic) bond motifs is 1. The van der Waals surface area contributed by atoms with Gasteiger partial charge in [0.1, 0.15) is 11.5 Å². The van der Waals surface area contributed by atoms with E-state index in [9.17, 15) is 0 Å². The molecule has 0 radical (unpaired) electrons. The second-order valence-corrected chi connectivity index (χ2v) is 7.70. The zero-order chi connectivity index (χ0) is 23.8. The Bertz CT molecular complexity index is 1080. The minimum Gasteiger partial charge on any atom is -0.497 e. The number of nitrogens with one attached hydrogen (secondary N) is 1. The summed E-state index contributed by atoms with van der Waals surface area (Å²) in [5, 5.41) is 16.1. The fourth-order valence-corrected chi connectivity index (χ4v) is 3.86. The van der Waals surface area contributed by atoms with Crippen LogP contribution < -0.4 is 9.47 Å². The number of aromatic nitrogens is 1. The van der Waals surface area contributed by atoms with Gasteiger partial charge < -0.3 is 24.7 Å². The molecule has 0 aliphatic carbocycles. The van der Waals surface area contributed by atoms with E-state index < -0.39 is 11.9 Å². The van der Waals surface area contributed by atoms with Gasteiger partial charge in [-0.15, -0.1) is 0 Å². The molecule has 0 amide bonds. The summed E-state index contributed by atoms with van der Waals surface area (Å²) in [6, 6.07) is 14.5. The van der Waals surface area contributed by atoms with Crippen molar-refractivity contribution in [2.75, 3.05) is 40.4 Å². The molecule has 1 saturated heterocycles. The number of nitrogens with zero attached hydrogens (tertiary/aromatic N) is 2. The number of benzene rings is 2. The first kappa shape index (κ1) is 24.1. The van der Waals surface area contributed by atoms with E-state index in [1.54, 1.807) is 14.2 Å². The molecule has 0 atom stereocenters. The van der Waals surface area contributed by atoms with Crippen molar-refractivity contribution in [2.45, 2.75) is 13.1 Å². The van der Waals surface area contributed by atoms with E-state index in [1.165, 1.54) is 22.0 Å². The van der Waals surface area contributed by atoms with Crippen molar-refractivity contribution in [3.8, 4) is 11.5 Å².